The summed E-state index contributed by atoms with van der Waals surface area (Å²) in [5.41, 5.74) is 0.976. The Labute approximate surface area is 73.2 Å². The minimum atomic E-state index is -3.02. The molecule has 0 amide bonds. The quantitative estimate of drug-likeness (QED) is 0.702. The van der Waals surface area contributed by atoms with Gasteiger partial charge in [-0.15, -0.1) is 0 Å². The third kappa shape index (κ3) is 1.85. The molecule has 0 aliphatic heterocycles. The summed E-state index contributed by atoms with van der Waals surface area (Å²) >= 11 is 0. The van der Waals surface area contributed by atoms with E-state index in [2.05, 4.69) is 0 Å². The summed E-state index contributed by atoms with van der Waals surface area (Å²) < 4.78 is 22.7. The van der Waals surface area contributed by atoms with E-state index in [1.165, 1.54) is 0 Å². The van der Waals surface area contributed by atoms with Crippen LogP contribution < -0.4 is 0 Å². The van der Waals surface area contributed by atoms with Crippen LogP contribution in [0.5, 0.6) is 0 Å². The molecule has 1 rings (SSSR count). The van der Waals surface area contributed by atoms with Crippen LogP contribution in [0, 0.1) is 6.92 Å². The van der Waals surface area contributed by atoms with Crippen molar-refractivity contribution >= 4 is 9.84 Å². The molecule has 0 aromatic heterocycles. The van der Waals surface area contributed by atoms with Crippen molar-refractivity contribution in [1.29, 1.82) is 0 Å². The molecular weight excluding hydrogens is 172 g/mol. The summed E-state index contributed by atoms with van der Waals surface area (Å²) in [4.78, 5) is 0.421. The molecule has 1 aromatic rings. The first-order chi connectivity index (χ1) is 5.56. The highest BCUT2D eigenvalue weighted by Gasteiger charge is 2.09. The smallest absolute Gasteiger partial charge is 0.178 e. The molecule has 0 spiro atoms. The van der Waals surface area contributed by atoms with Gasteiger partial charge < -0.3 is 0 Å². The zero-order chi connectivity index (χ0) is 9.19. The van der Waals surface area contributed by atoms with Crippen LogP contribution in [0.1, 0.15) is 12.5 Å². The molecule has 0 heterocycles. The number of hydrogen-bond acceptors (Lipinski definition) is 2. The molecule has 0 fully saturated rings. The van der Waals surface area contributed by atoms with Crippen LogP contribution in [0.25, 0.3) is 0 Å². The van der Waals surface area contributed by atoms with Crippen molar-refractivity contribution in [2.45, 2.75) is 18.7 Å². The zero-order valence-electron chi connectivity index (χ0n) is 7.24. The van der Waals surface area contributed by atoms with Gasteiger partial charge in [0, 0.05) is 0 Å². The Hall–Kier alpha value is -0.830. The van der Waals surface area contributed by atoms with Gasteiger partial charge in [0.15, 0.2) is 9.84 Å². The lowest BCUT2D eigenvalue weighted by Gasteiger charge is -2.00. The third-order valence-electron chi connectivity index (χ3n) is 1.73. The maximum atomic E-state index is 11.4. The lowest BCUT2D eigenvalue weighted by molar-refractivity contribution is 0.597. The number of benzene rings is 1. The maximum absolute atomic E-state index is 11.4. The average Bonchev–Trinajstić information content (AvgIpc) is 2.05. The molecule has 0 saturated carbocycles. The van der Waals surface area contributed by atoms with Gasteiger partial charge in [-0.1, -0.05) is 19.1 Å². The first-order valence-electron chi connectivity index (χ1n) is 3.85. The van der Waals surface area contributed by atoms with Gasteiger partial charge in [0.2, 0.25) is 0 Å². The molecule has 12 heavy (non-hydrogen) atoms. The molecule has 0 bridgehead atoms. The van der Waals surface area contributed by atoms with Gasteiger partial charge >= 0.3 is 0 Å². The van der Waals surface area contributed by atoms with Crippen molar-refractivity contribution < 1.29 is 8.42 Å². The molecule has 1 aromatic carbocycles. The fourth-order valence-corrected chi connectivity index (χ4v) is 1.96. The van der Waals surface area contributed by atoms with Gasteiger partial charge in [-0.3, -0.25) is 0 Å². The lowest BCUT2D eigenvalue weighted by Crippen LogP contribution is -2.03. The Morgan fingerprint density at radius 2 is 2.00 bits per heavy atom. The SMILES string of the molecule is CCS(=O)(=O)c1cccc(C)c1. The lowest BCUT2D eigenvalue weighted by atomic mass is 10.2. The summed E-state index contributed by atoms with van der Waals surface area (Å²) in [7, 11) is -3.02. The second-order valence-corrected chi connectivity index (χ2v) is 5.00. The Morgan fingerprint density at radius 3 is 2.50 bits per heavy atom. The van der Waals surface area contributed by atoms with Crippen LogP contribution in [0.15, 0.2) is 29.2 Å². The maximum Gasteiger partial charge on any atom is 0.178 e. The normalized spacial score (nSPS) is 11.5. The van der Waals surface area contributed by atoms with Crippen molar-refractivity contribution in [3.63, 3.8) is 0 Å². The highest BCUT2D eigenvalue weighted by Crippen LogP contribution is 2.11. The molecular formula is C9H12O2S. The van der Waals surface area contributed by atoms with Gasteiger partial charge in [-0.05, 0) is 24.6 Å². The summed E-state index contributed by atoms with van der Waals surface area (Å²) in [5.74, 6) is 0.163. The minimum Gasteiger partial charge on any atom is -0.224 e. The van der Waals surface area contributed by atoms with E-state index in [4.69, 9.17) is 0 Å². The van der Waals surface area contributed by atoms with Crippen molar-refractivity contribution in [2.75, 3.05) is 5.75 Å². The van der Waals surface area contributed by atoms with Crippen LogP contribution in [-0.2, 0) is 9.84 Å². The van der Waals surface area contributed by atoms with Gasteiger partial charge in [0.25, 0.3) is 0 Å². The second-order valence-electron chi connectivity index (χ2n) is 2.72. The minimum absolute atomic E-state index is 0.163. The van der Waals surface area contributed by atoms with E-state index in [1.807, 2.05) is 13.0 Å². The number of sulfone groups is 1. The van der Waals surface area contributed by atoms with Crippen LogP contribution in [-0.4, -0.2) is 14.2 Å². The van der Waals surface area contributed by atoms with E-state index >= 15 is 0 Å². The Balaban J connectivity index is 3.21. The van der Waals surface area contributed by atoms with Crippen molar-refractivity contribution in [2.24, 2.45) is 0 Å². The summed E-state index contributed by atoms with van der Waals surface area (Å²) in [6.07, 6.45) is 0. The van der Waals surface area contributed by atoms with Gasteiger partial charge in [0.05, 0.1) is 10.6 Å². The van der Waals surface area contributed by atoms with E-state index in [1.54, 1.807) is 25.1 Å². The molecule has 0 N–H and O–H groups in total. The molecule has 3 heteroatoms. The fourth-order valence-electron chi connectivity index (χ4n) is 0.975. The van der Waals surface area contributed by atoms with Crippen molar-refractivity contribution in [3.8, 4) is 0 Å². The van der Waals surface area contributed by atoms with Gasteiger partial charge in [-0.2, -0.15) is 0 Å². The van der Waals surface area contributed by atoms with Crippen molar-refractivity contribution in [1.82, 2.24) is 0 Å². The predicted molar refractivity (Wildman–Crippen MR) is 48.9 cm³/mol. The van der Waals surface area contributed by atoms with Crippen LogP contribution in [0.4, 0.5) is 0 Å². The van der Waals surface area contributed by atoms with E-state index in [-0.39, 0.29) is 5.75 Å². The average molecular weight is 184 g/mol. The number of hydrogen-bond donors (Lipinski definition) is 0. The molecule has 0 saturated heterocycles. The highest BCUT2D eigenvalue weighted by molar-refractivity contribution is 7.91. The molecule has 0 aliphatic carbocycles. The van der Waals surface area contributed by atoms with Gasteiger partial charge in [0.1, 0.15) is 0 Å². The monoisotopic (exact) mass is 184 g/mol. The van der Waals surface area contributed by atoms with Crippen LogP contribution in [0.3, 0.4) is 0 Å². The standard InChI is InChI=1S/C9H12O2S/c1-3-12(10,11)9-6-4-5-8(2)7-9/h4-7H,3H2,1-2H3. The summed E-state index contributed by atoms with van der Waals surface area (Å²) in [5, 5.41) is 0. The number of rotatable bonds is 2. The van der Waals surface area contributed by atoms with Crippen LogP contribution >= 0.6 is 0 Å². The van der Waals surface area contributed by atoms with E-state index < -0.39 is 9.84 Å². The molecule has 2 nitrogen and oxygen atoms in total. The second kappa shape index (κ2) is 3.27. The third-order valence-corrected chi connectivity index (χ3v) is 3.46. The molecule has 0 radical (unpaired) electrons. The van der Waals surface area contributed by atoms with Crippen molar-refractivity contribution in [3.05, 3.63) is 29.8 Å². The Bertz CT molecular complexity index is 366. The summed E-state index contributed by atoms with van der Waals surface area (Å²) in [6.45, 7) is 3.53. The zero-order valence-corrected chi connectivity index (χ0v) is 8.06. The fraction of sp³-hybridized carbons (Fsp3) is 0.333. The summed E-state index contributed by atoms with van der Waals surface area (Å²) in [6, 6.07) is 6.97. The van der Waals surface area contributed by atoms with E-state index in [0.29, 0.717) is 4.90 Å². The van der Waals surface area contributed by atoms with E-state index in [9.17, 15) is 8.42 Å². The van der Waals surface area contributed by atoms with Crippen LogP contribution in [0.2, 0.25) is 0 Å². The molecule has 0 aliphatic rings. The largest absolute Gasteiger partial charge is 0.224 e. The van der Waals surface area contributed by atoms with E-state index in [0.717, 1.165) is 5.56 Å². The predicted octanol–water partition coefficient (Wildman–Crippen LogP) is 1.79. The Morgan fingerprint density at radius 1 is 1.33 bits per heavy atom. The first kappa shape index (κ1) is 9.26. The topological polar surface area (TPSA) is 34.1 Å². The first-order valence-corrected chi connectivity index (χ1v) is 5.51. The molecule has 66 valence electrons. The Kier molecular flexibility index (Phi) is 2.52. The molecule has 0 atom stereocenters. The van der Waals surface area contributed by atoms with Gasteiger partial charge in [-0.25, -0.2) is 8.42 Å². The highest BCUT2D eigenvalue weighted by atomic mass is 32.2. The molecule has 0 unspecified atom stereocenters. The number of aryl methyl sites for hydroxylation is 1.